The van der Waals surface area contributed by atoms with Gasteiger partial charge in [-0.3, -0.25) is 4.79 Å². The molecule has 0 aromatic heterocycles. The van der Waals surface area contributed by atoms with Gasteiger partial charge in [-0.2, -0.15) is 0 Å². The first-order valence-corrected chi connectivity index (χ1v) is 8.33. The highest BCUT2D eigenvalue weighted by atomic mass is 19.4. The maximum atomic E-state index is 12.5. The van der Waals surface area contributed by atoms with Gasteiger partial charge < -0.3 is 9.57 Å². The summed E-state index contributed by atoms with van der Waals surface area (Å²) >= 11 is 0. The average molecular weight is 373 g/mol. The van der Waals surface area contributed by atoms with Crippen LogP contribution in [0.25, 0.3) is 0 Å². The molecule has 1 aliphatic rings. The molecule has 0 bridgehead atoms. The highest BCUT2D eigenvalue weighted by molar-refractivity contribution is 5.98. The zero-order valence-corrected chi connectivity index (χ0v) is 14.9. The van der Waals surface area contributed by atoms with E-state index in [-0.39, 0.29) is 23.4 Å². The Morgan fingerprint density at radius 3 is 2.04 bits per heavy atom. The van der Waals surface area contributed by atoms with Crippen LogP contribution in [0.3, 0.4) is 0 Å². The van der Waals surface area contributed by atoms with Crippen LogP contribution in [0.15, 0.2) is 24.3 Å². The third-order valence-corrected chi connectivity index (χ3v) is 4.02. The van der Waals surface area contributed by atoms with Crippen LogP contribution in [0.4, 0.5) is 13.2 Å². The Bertz CT molecular complexity index is 642. The van der Waals surface area contributed by atoms with E-state index in [4.69, 9.17) is 4.84 Å². The van der Waals surface area contributed by atoms with E-state index in [1.807, 2.05) is 0 Å². The molecule has 5 nitrogen and oxygen atoms in total. The predicted octanol–water partition coefficient (Wildman–Crippen LogP) is 3.98. The van der Waals surface area contributed by atoms with Crippen LogP contribution in [0.1, 0.15) is 44.0 Å². The standard InChI is InChI=1S/C18H22F3NO4/c1-17(2,3)16(24)26-22-10-8-13(9-11-22)15(23)12-4-6-14(7-5-12)25-18(19,20)21/h4-7,13H,8-11H2,1-3H3. The third-order valence-electron chi connectivity index (χ3n) is 4.02. The summed E-state index contributed by atoms with van der Waals surface area (Å²) in [6.45, 7) is 6.16. The maximum Gasteiger partial charge on any atom is 0.573 e. The molecule has 0 saturated carbocycles. The Balaban J connectivity index is 1.89. The van der Waals surface area contributed by atoms with Crippen LogP contribution in [0.2, 0.25) is 0 Å². The number of ketones is 1. The van der Waals surface area contributed by atoms with Crippen molar-refractivity contribution in [2.75, 3.05) is 13.1 Å². The topological polar surface area (TPSA) is 55.8 Å². The molecule has 26 heavy (non-hydrogen) atoms. The highest BCUT2D eigenvalue weighted by Gasteiger charge is 2.32. The number of alkyl halides is 3. The summed E-state index contributed by atoms with van der Waals surface area (Å²) in [6, 6.07) is 4.91. The second-order valence-corrected chi connectivity index (χ2v) is 7.27. The fourth-order valence-electron chi connectivity index (χ4n) is 2.52. The van der Waals surface area contributed by atoms with E-state index in [9.17, 15) is 22.8 Å². The van der Waals surface area contributed by atoms with Crippen molar-refractivity contribution in [2.24, 2.45) is 11.3 Å². The molecule has 1 aromatic rings. The minimum atomic E-state index is -4.76. The Hall–Kier alpha value is -2.09. The van der Waals surface area contributed by atoms with Crippen LogP contribution < -0.4 is 4.74 Å². The summed E-state index contributed by atoms with van der Waals surface area (Å²) in [5.41, 5.74) is -0.267. The van der Waals surface area contributed by atoms with Gasteiger partial charge in [0.15, 0.2) is 5.78 Å². The molecule has 8 heteroatoms. The minimum absolute atomic E-state index is 0.134. The number of hydroxylamine groups is 2. The summed E-state index contributed by atoms with van der Waals surface area (Å²) in [4.78, 5) is 29.7. The summed E-state index contributed by atoms with van der Waals surface area (Å²) in [6.07, 6.45) is -3.74. The number of hydrogen-bond donors (Lipinski definition) is 0. The number of hydrogen-bond acceptors (Lipinski definition) is 5. The van der Waals surface area contributed by atoms with Crippen LogP contribution in [-0.2, 0) is 9.63 Å². The van der Waals surface area contributed by atoms with Crippen molar-refractivity contribution in [1.29, 1.82) is 0 Å². The van der Waals surface area contributed by atoms with E-state index in [1.54, 1.807) is 25.8 Å². The first-order valence-electron chi connectivity index (χ1n) is 8.33. The summed E-state index contributed by atoms with van der Waals surface area (Å²) in [5, 5.41) is 1.55. The number of halogens is 3. The van der Waals surface area contributed by atoms with Gasteiger partial charge in [-0.25, -0.2) is 4.79 Å². The SMILES string of the molecule is CC(C)(C)C(=O)ON1CCC(C(=O)c2ccc(OC(F)(F)F)cc2)CC1. The lowest BCUT2D eigenvalue weighted by Gasteiger charge is -2.31. The van der Waals surface area contributed by atoms with Crippen molar-refractivity contribution in [3.8, 4) is 5.75 Å². The van der Waals surface area contributed by atoms with E-state index in [0.29, 0.717) is 31.5 Å². The van der Waals surface area contributed by atoms with E-state index in [1.165, 1.54) is 12.1 Å². The predicted molar refractivity (Wildman–Crippen MR) is 87.3 cm³/mol. The number of rotatable bonds is 4. The lowest BCUT2D eigenvalue weighted by molar-refractivity contribution is -0.274. The Labute approximate surface area is 150 Å². The van der Waals surface area contributed by atoms with Crippen molar-refractivity contribution in [3.63, 3.8) is 0 Å². The Morgan fingerprint density at radius 1 is 1.04 bits per heavy atom. The molecule has 144 valence electrons. The summed E-state index contributed by atoms with van der Waals surface area (Å²) in [7, 11) is 0. The van der Waals surface area contributed by atoms with Gasteiger partial charge in [0.25, 0.3) is 0 Å². The number of carbonyl (C=O) groups is 2. The lowest BCUT2D eigenvalue weighted by Crippen LogP contribution is -2.40. The number of piperidine rings is 1. The summed E-state index contributed by atoms with van der Waals surface area (Å²) < 4.78 is 40.3. The van der Waals surface area contributed by atoms with E-state index >= 15 is 0 Å². The molecule has 0 N–H and O–H groups in total. The second kappa shape index (κ2) is 7.65. The molecule has 1 aliphatic heterocycles. The van der Waals surface area contributed by atoms with Gasteiger partial charge in [0.1, 0.15) is 5.75 Å². The monoisotopic (exact) mass is 373 g/mol. The van der Waals surface area contributed by atoms with Gasteiger partial charge in [0.05, 0.1) is 5.41 Å². The normalized spacial score (nSPS) is 17.0. The van der Waals surface area contributed by atoms with Crippen molar-refractivity contribution in [3.05, 3.63) is 29.8 Å². The minimum Gasteiger partial charge on any atom is -0.406 e. The van der Waals surface area contributed by atoms with Crippen LogP contribution >= 0.6 is 0 Å². The number of carbonyl (C=O) groups excluding carboxylic acids is 2. The zero-order valence-electron chi connectivity index (χ0n) is 14.9. The zero-order chi connectivity index (χ0) is 19.5. The van der Waals surface area contributed by atoms with Gasteiger partial charge in [-0.15, -0.1) is 18.2 Å². The Morgan fingerprint density at radius 2 is 1.58 bits per heavy atom. The van der Waals surface area contributed by atoms with Crippen molar-refractivity contribution >= 4 is 11.8 Å². The molecule has 0 amide bonds. The van der Waals surface area contributed by atoms with Gasteiger partial charge in [0, 0.05) is 24.6 Å². The van der Waals surface area contributed by atoms with Gasteiger partial charge in [-0.1, -0.05) is 0 Å². The number of benzene rings is 1. The summed E-state index contributed by atoms with van der Waals surface area (Å²) in [5.74, 6) is -1.08. The molecule has 1 saturated heterocycles. The molecule has 0 aliphatic carbocycles. The first-order chi connectivity index (χ1) is 12.0. The first kappa shape index (κ1) is 20.2. The van der Waals surface area contributed by atoms with Crippen molar-refractivity contribution in [2.45, 2.75) is 40.0 Å². The molecule has 0 radical (unpaired) electrons. The van der Waals surface area contributed by atoms with E-state index < -0.39 is 11.8 Å². The molecule has 0 atom stereocenters. The molecule has 1 fully saturated rings. The van der Waals surface area contributed by atoms with Crippen molar-refractivity contribution in [1.82, 2.24) is 5.06 Å². The average Bonchev–Trinajstić information content (AvgIpc) is 2.53. The molecular weight excluding hydrogens is 351 g/mol. The molecule has 0 unspecified atom stereocenters. The molecule has 1 aromatic carbocycles. The van der Waals surface area contributed by atoms with Crippen molar-refractivity contribution < 1.29 is 32.3 Å². The molecule has 0 spiro atoms. The van der Waals surface area contributed by atoms with Crippen LogP contribution in [0.5, 0.6) is 5.75 Å². The quantitative estimate of drug-likeness (QED) is 0.747. The van der Waals surface area contributed by atoms with Crippen LogP contribution in [0, 0.1) is 11.3 Å². The fraction of sp³-hybridized carbons (Fsp3) is 0.556. The number of ether oxygens (including phenoxy) is 1. The smallest absolute Gasteiger partial charge is 0.406 e. The number of nitrogens with zero attached hydrogens (tertiary/aromatic N) is 1. The highest BCUT2D eigenvalue weighted by Crippen LogP contribution is 2.26. The molecule has 2 rings (SSSR count). The van der Waals surface area contributed by atoms with Gasteiger partial charge in [-0.05, 0) is 57.9 Å². The molecular formula is C18H22F3NO4. The molecule has 1 heterocycles. The lowest BCUT2D eigenvalue weighted by atomic mass is 9.89. The fourth-order valence-corrected chi connectivity index (χ4v) is 2.52. The largest absolute Gasteiger partial charge is 0.573 e. The third kappa shape index (κ3) is 5.72. The van der Waals surface area contributed by atoms with Gasteiger partial charge >= 0.3 is 12.3 Å². The van der Waals surface area contributed by atoms with E-state index in [2.05, 4.69) is 4.74 Å². The number of Topliss-reactive ketones (excluding diaryl/α,β-unsaturated/α-hetero) is 1. The van der Waals surface area contributed by atoms with Crippen LogP contribution in [-0.4, -0.2) is 36.3 Å². The Kier molecular flexibility index (Phi) is 5.95. The maximum absolute atomic E-state index is 12.5. The van der Waals surface area contributed by atoms with Gasteiger partial charge in [0.2, 0.25) is 0 Å². The second-order valence-electron chi connectivity index (χ2n) is 7.27. The van der Waals surface area contributed by atoms with E-state index in [0.717, 1.165) is 12.1 Å².